The van der Waals surface area contributed by atoms with E-state index >= 15 is 0 Å². The second-order valence-corrected chi connectivity index (χ2v) is 6.43. The van der Waals surface area contributed by atoms with E-state index in [-0.39, 0.29) is 29.6 Å². The Labute approximate surface area is 163 Å². The zero-order valence-corrected chi connectivity index (χ0v) is 15.8. The molecule has 8 nitrogen and oxygen atoms in total. The predicted molar refractivity (Wildman–Crippen MR) is 100 cm³/mol. The van der Waals surface area contributed by atoms with E-state index in [0.717, 1.165) is 25.7 Å². The predicted octanol–water partition coefficient (Wildman–Crippen LogP) is 2.49. The molecular weight excluding hydrogens is 360 g/mol. The molecule has 0 saturated heterocycles. The molecule has 1 heterocycles. The average molecular weight is 382 g/mol. The highest BCUT2D eigenvalue weighted by Gasteiger charge is 2.26. The van der Waals surface area contributed by atoms with Crippen LogP contribution in [-0.4, -0.2) is 42.2 Å². The fraction of sp³-hybridized carbons (Fsp3) is 0.400. The number of carbonyl (C=O) groups excluding carboxylic acids is 1. The van der Waals surface area contributed by atoms with Crippen LogP contribution in [0, 0.1) is 11.3 Å². The molecule has 1 fully saturated rings. The molecule has 146 valence electrons. The Morgan fingerprint density at radius 2 is 1.89 bits per heavy atom. The van der Waals surface area contributed by atoms with Crippen molar-refractivity contribution in [1.29, 1.82) is 5.26 Å². The number of nitrogens with one attached hydrogen (secondary N) is 1. The van der Waals surface area contributed by atoms with Crippen molar-refractivity contribution in [3.63, 3.8) is 0 Å². The van der Waals surface area contributed by atoms with Crippen molar-refractivity contribution >= 4 is 5.91 Å². The molecule has 2 aromatic rings. The van der Waals surface area contributed by atoms with E-state index in [0.29, 0.717) is 17.1 Å². The second-order valence-electron chi connectivity index (χ2n) is 6.43. The number of methoxy groups -OCH3 is 2. The number of benzene rings is 1. The lowest BCUT2D eigenvalue weighted by Crippen LogP contribution is -2.40. The van der Waals surface area contributed by atoms with Gasteiger partial charge in [-0.2, -0.15) is 5.26 Å². The summed E-state index contributed by atoms with van der Waals surface area (Å²) in [6, 6.07) is 7.24. The maximum atomic E-state index is 12.7. The van der Waals surface area contributed by atoms with Crippen molar-refractivity contribution < 1.29 is 19.0 Å². The first-order chi connectivity index (χ1) is 13.7. The molecule has 0 spiro atoms. The summed E-state index contributed by atoms with van der Waals surface area (Å²) in [4.78, 5) is 20.7. The van der Waals surface area contributed by atoms with Gasteiger partial charge in [-0.1, -0.05) is 6.07 Å². The van der Waals surface area contributed by atoms with Gasteiger partial charge in [0.1, 0.15) is 12.2 Å². The van der Waals surface area contributed by atoms with Crippen LogP contribution in [0.25, 0.3) is 0 Å². The fourth-order valence-electron chi connectivity index (χ4n) is 3.30. The minimum Gasteiger partial charge on any atom is -0.493 e. The molecule has 1 aromatic heterocycles. The third kappa shape index (κ3) is 4.31. The van der Waals surface area contributed by atoms with Crippen molar-refractivity contribution in [1.82, 2.24) is 15.3 Å². The first kappa shape index (κ1) is 19.4. The molecule has 1 aliphatic carbocycles. The number of rotatable bonds is 6. The van der Waals surface area contributed by atoms with E-state index in [1.165, 1.54) is 26.6 Å². The molecule has 1 N–H and O–H groups in total. The van der Waals surface area contributed by atoms with Gasteiger partial charge >= 0.3 is 0 Å². The van der Waals surface area contributed by atoms with Gasteiger partial charge in [-0.3, -0.25) is 4.79 Å². The molecule has 8 heteroatoms. The maximum Gasteiger partial charge on any atom is 0.255 e. The van der Waals surface area contributed by atoms with E-state index in [1.807, 2.05) is 6.07 Å². The number of para-hydroxylation sites is 1. The number of nitriles is 1. The first-order valence-electron chi connectivity index (χ1n) is 9.05. The molecule has 1 aliphatic rings. The minimum atomic E-state index is -0.194. The average Bonchev–Trinajstić information content (AvgIpc) is 2.74. The van der Waals surface area contributed by atoms with Gasteiger partial charge in [-0.25, -0.2) is 9.97 Å². The van der Waals surface area contributed by atoms with Crippen molar-refractivity contribution in [2.75, 3.05) is 14.2 Å². The maximum absolute atomic E-state index is 12.7. The highest BCUT2D eigenvalue weighted by molar-refractivity contribution is 5.98. The van der Waals surface area contributed by atoms with Gasteiger partial charge in [0.05, 0.1) is 19.8 Å². The van der Waals surface area contributed by atoms with E-state index in [1.54, 1.807) is 18.2 Å². The lowest BCUT2D eigenvalue weighted by molar-refractivity contribution is 0.0886. The summed E-state index contributed by atoms with van der Waals surface area (Å²) in [5.74, 6) is 1.01. The van der Waals surface area contributed by atoms with Crippen molar-refractivity contribution in [3.05, 3.63) is 41.9 Å². The van der Waals surface area contributed by atoms with E-state index in [4.69, 9.17) is 19.5 Å². The van der Waals surface area contributed by atoms with Crippen LogP contribution in [0.3, 0.4) is 0 Å². The van der Waals surface area contributed by atoms with Gasteiger partial charge in [-0.15, -0.1) is 0 Å². The van der Waals surface area contributed by atoms with Crippen LogP contribution in [0.5, 0.6) is 17.4 Å². The van der Waals surface area contributed by atoms with Crippen LogP contribution in [0.2, 0.25) is 0 Å². The largest absolute Gasteiger partial charge is 0.493 e. The van der Waals surface area contributed by atoms with Gasteiger partial charge in [0.25, 0.3) is 11.8 Å². The smallest absolute Gasteiger partial charge is 0.255 e. The van der Waals surface area contributed by atoms with Crippen molar-refractivity contribution in [3.8, 4) is 23.4 Å². The van der Waals surface area contributed by atoms with E-state index in [2.05, 4.69) is 15.3 Å². The summed E-state index contributed by atoms with van der Waals surface area (Å²) >= 11 is 0. The molecule has 0 unspecified atom stereocenters. The molecule has 0 atom stereocenters. The quantitative estimate of drug-likeness (QED) is 0.818. The third-order valence-electron chi connectivity index (χ3n) is 4.71. The van der Waals surface area contributed by atoms with Crippen LogP contribution >= 0.6 is 0 Å². The van der Waals surface area contributed by atoms with Gasteiger partial charge in [0.2, 0.25) is 5.69 Å². The topological polar surface area (TPSA) is 106 Å². The first-order valence-corrected chi connectivity index (χ1v) is 9.05. The highest BCUT2D eigenvalue weighted by atomic mass is 16.5. The molecule has 1 saturated carbocycles. The summed E-state index contributed by atoms with van der Waals surface area (Å²) in [6.45, 7) is 0. The molecule has 0 aliphatic heterocycles. The summed E-state index contributed by atoms with van der Waals surface area (Å²) in [6.07, 6.45) is 5.95. The van der Waals surface area contributed by atoms with Gasteiger partial charge in [0.15, 0.2) is 11.5 Å². The Bertz CT molecular complexity index is 873. The molecule has 28 heavy (non-hydrogen) atoms. The van der Waals surface area contributed by atoms with Crippen LogP contribution in [0.15, 0.2) is 30.6 Å². The molecule has 3 rings (SSSR count). The minimum absolute atomic E-state index is 0.0422. The Hall–Kier alpha value is -3.34. The number of carbonyl (C=O) groups is 1. The zero-order chi connectivity index (χ0) is 19.9. The summed E-state index contributed by atoms with van der Waals surface area (Å²) < 4.78 is 16.4. The Morgan fingerprint density at radius 1 is 1.14 bits per heavy atom. The Morgan fingerprint density at radius 3 is 2.57 bits per heavy atom. The summed E-state index contributed by atoms with van der Waals surface area (Å²) in [7, 11) is 3.05. The van der Waals surface area contributed by atoms with Crippen molar-refractivity contribution in [2.45, 2.75) is 37.8 Å². The molecule has 1 aromatic carbocycles. The number of ether oxygens (including phenoxy) is 3. The SMILES string of the molecule is COc1cccc(C(=O)NC2CCC(Oc3nccnc3C#N)CC2)c1OC. The highest BCUT2D eigenvalue weighted by Crippen LogP contribution is 2.31. The summed E-state index contributed by atoms with van der Waals surface area (Å²) in [5, 5.41) is 12.1. The van der Waals surface area contributed by atoms with Crippen LogP contribution < -0.4 is 19.5 Å². The molecule has 0 bridgehead atoms. The van der Waals surface area contributed by atoms with Crippen LogP contribution in [0.1, 0.15) is 41.7 Å². The summed E-state index contributed by atoms with van der Waals surface area (Å²) in [5.41, 5.74) is 0.626. The van der Waals surface area contributed by atoms with Crippen molar-refractivity contribution in [2.24, 2.45) is 0 Å². The lowest BCUT2D eigenvalue weighted by atomic mass is 9.92. The lowest BCUT2D eigenvalue weighted by Gasteiger charge is -2.29. The fourth-order valence-corrected chi connectivity index (χ4v) is 3.30. The van der Waals surface area contributed by atoms with Gasteiger partial charge < -0.3 is 19.5 Å². The van der Waals surface area contributed by atoms with Crippen LogP contribution in [0.4, 0.5) is 0 Å². The molecule has 0 radical (unpaired) electrons. The monoisotopic (exact) mass is 382 g/mol. The van der Waals surface area contributed by atoms with Gasteiger partial charge in [0, 0.05) is 18.4 Å². The number of nitrogens with zero attached hydrogens (tertiary/aromatic N) is 3. The second kappa shape index (κ2) is 9.04. The number of aromatic nitrogens is 2. The molecular formula is C20H22N4O4. The zero-order valence-electron chi connectivity index (χ0n) is 15.8. The number of hydrogen-bond donors (Lipinski definition) is 1. The molecule has 1 amide bonds. The Kier molecular flexibility index (Phi) is 6.27. The van der Waals surface area contributed by atoms with E-state index < -0.39 is 0 Å². The van der Waals surface area contributed by atoms with Crippen LogP contribution in [-0.2, 0) is 0 Å². The standard InChI is InChI=1S/C20H22N4O4/c1-26-17-5-3-4-15(18(17)27-2)19(25)24-13-6-8-14(9-7-13)28-20-16(12-21)22-10-11-23-20/h3-5,10-11,13-14H,6-9H2,1-2H3,(H,24,25). The van der Waals surface area contributed by atoms with Gasteiger partial charge in [-0.05, 0) is 37.8 Å². The third-order valence-corrected chi connectivity index (χ3v) is 4.71. The number of amides is 1. The Balaban J connectivity index is 1.57. The number of hydrogen-bond acceptors (Lipinski definition) is 7. The van der Waals surface area contributed by atoms with E-state index in [9.17, 15) is 4.79 Å². The normalized spacial score (nSPS) is 18.6.